The number of nitrogens with zero attached hydrogens (tertiary/aromatic N) is 5. The Morgan fingerprint density at radius 2 is 1.76 bits per heavy atom. The Morgan fingerprint density at radius 3 is 2.48 bits per heavy atom. The quantitative estimate of drug-likeness (QED) is 0.354. The number of benzene rings is 2. The summed E-state index contributed by atoms with van der Waals surface area (Å²) < 4.78 is 58.5. The van der Waals surface area contributed by atoms with Crippen molar-refractivity contribution in [1.82, 2.24) is 24.8 Å². The monoisotopic (exact) mass is 617 g/mol. The molecule has 3 atom stereocenters. The van der Waals surface area contributed by atoms with Crippen molar-refractivity contribution >= 4 is 27.3 Å². The number of amides is 1. The van der Waals surface area contributed by atoms with E-state index in [2.05, 4.69) is 21.3 Å². The molecule has 0 radical (unpaired) electrons. The van der Waals surface area contributed by atoms with Gasteiger partial charge in [0.2, 0.25) is 0 Å². The van der Waals surface area contributed by atoms with Gasteiger partial charge in [0.05, 0.1) is 23.2 Å². The van der Waals surface area contributed by atoms with Crippen LogP contribution in [0.1, 0.15) is 79.2 Å². The summed E-state index contributed by atoms with van der Waals surface area (Å²) in [7, 11) is -4.00. The molecular weight excluding hydrogens is 584 g/mol. The number of carbonyl (C=O) groups is 1. The van der Waals surface area contributed by atoms with Crippen LogP contribution in [0.15, 0.2) is 41.4 Å². The highest BCUT2D eigenvalue weighted by Gasteiger charge is 2.38. The van der Waals surface area contributed by atoms with E-state index in [-0.39, 0.29) is 31.2 Å². The lowest BCUT2D eigenvalue weighted by Crippen LogP contribution is -2.57. The van der Waals surface area contributed by atoms with E-state index in [0.29, 0.717) is 19.4 Å². The van der Waals surface area contributed by atoms with Gasteiger partial charge in [-0.2, -0.15) is 0 Å². The Labute approximate surface area is 249 Å². The number of sulfone groups is 1. The van der Waals surface area contributed by atoms with Gasteiger partial charge in [-0.15, -0.1) is 5.10 Å². The molecule has 1 aromatic heterocycles. The molecule has 2 aliphatic carbocycles. The van der Waals surface area contributed by atoms with Crippen molar-refractivity contribution in [1.29, 1.82) is 0 Å². The second-order valence-electron chi connectivity index (χ2n) is 11.8. The number of hydrogen-bond acceptors (Lipinski definition) is 6. The summed E-state index contributed by atoms with van der Waals surface area (Å²) in [5.41, 5.74) is 2.29. The lowest BCUT2D eigenvalue weighted by atomic mass is 10.1. The second kappa shape index (κ2) is 11.3. The normalized spacial score (nSPS) is 23.5. The number of halogens is 3. The summed E-state index contributed by atoms with van der Waals surface area (Å²) in [4.78, 5) is 16.5. The molecule has 42 heavy (non-hydrogen) atoms. The Balaban J connectivity index is 1.16. The van der Waals surface area contributed by atoms with Crippen LogP contribution in [0, 0.1) is 11.6 Å². The van der Waals surface area contributed by atoms with Gasteiger partial charge >= 0.3 is 0 Å². The number of carbonyl (C=O) groups excluding carboxylic acids is 1. The molecule has 8 nitrogen and oxygen atoms in total. The van der Waals surface area contributed by atoms with Crippen molar-refractivity contribution in [3.8, 4) is 0 Å². The first-order chi connectivity index (χ1) is 20.1. The van der Waals surface area contributed by atoms with Crippen LogP contribution in [0.3, 0.4) is 0 Å². The van der Waals surface area contributed by atoms with E-state index >= 15 is 4.39 Å². The Bertz CT molecular complexity index is 1610. The summed E-state index contributed by atoms with van der Waals surface area (Å²) in [6, 6.07) is 7.54. The van der Waals surface area contributed by atoms with Crippen molar-refractivity contribution < 1.29 is 22.0 Å². The molecule has 12 heteroatoms. The van der Waals surface area contributed by atoms with E-state index in [0.717, 1.165) is 59.7 Å². The van der Waals surface area contributed by atoms with E-state index < -0.39 is 43.1 Å². The second-order valence-corrected chi connectivity index (χ2v) is 14.4. The minimum Gasteiger partial charge on any atom is -0.335 e. The minimum absolute atomic E-state index is 0.0716. The molecule has 0 bridgehead atoms. The van der Waals surface area contributed by atoms with Gasteiger partial charge in [0, 0.05) is 36.7 Å². The standard InChI is InChI=1S/C30H34ClF2N5O3S/c1-18-14-36(30(39)28-25(32)11-13-27(29(28)33)42(40,41)21-6-3-4-7-21)15-19(2)37(18)16-20-17-38(35-34-20)26-12-10-22-23(26)8-5-9-24(22)31/h5,8-9,11,13,17-19,21,26H,3-4,6-7,10,12,14-16H2,1-2H3/t18-,19+,26-/m1/s1. The highest BCUT2D eigenvalue weighted by molar-refractivity contribution is 7.92. The van der Waals surface area contributed by atoms with Crippen LogP contribution in [0.5, 0.6) is 0 Å². The zero-order valence-electron chi connectivity index (χ0n) is 23.6. The maximum absolute atomic E-state index is 15.6. The first-order valence-electron chi connectivity index (χ1n) is 14.5. The molecule has 1 saturated heterocycles. The fourth-order valence-corrected chi connectivity index (χ4v) is 9.11. The number of fused-ring (bicyclic) bond motifs is 1. The molecule has 1 aliphatic heterocycles. The molecule has 3 aliphatic rings. The maximum atomic E-state index is 15.6. The van der Waals surface area contributed by atoms with E-state index in [4.69, 9.17) is 11.6 Å². The zero-order valence-corrected chi connectivity index (χ0v) is 25.2. The Hall–Kier alpha value is -2.89. The fraction of sp³-hybridized carbons (Fsp3) is 0.500. The molecule has 3 aromatic rings. The van der Waals surface area contributed by atoms with Crippen LogP contribution in [0.2, 0.25) is 5.02 Å². The smallest absolute Gasteiger partial charge is 0.259 e. The third-order valence-corrected chi connectivity index (χ3v) is 11.7. The molecule has 224 valence electrons. The van der Waals surface area contributed by atoms with E-state index in [1.54, 1.807) is 0 Å². The van der Waals surface area contributed by atoms with Crippen LogP contribution in [-0.4, -0.2) is 69.5 Å². The predicted octanol–water partition coefficient (Wildman–Crippen LogP) is 5.20. The van der Waals surface area contributed by atoms with E-state index in [1.165, 1.54) is 4.90 Å². The van der Waals surface area contributed by atoms with Crippen molar-refractivity contribution in [3.63, 3.8) is 0 Å². The Kier molecular flexibility index (Phi) is 7.86. The van der Waals surface area contributed by atoms with Crippen LogP contribution < -0.4 is 0 Å². The van der Waals surface area contributed by atoms with Gasteiger partial charge in [-0.1, -0.05) is 41.8 Å². The molecule has 1 amide bonds. The largest absolute Gasteiger partial charge is 0.335 e. The van der Waals surface area contributed by atoms with Crippen LogP contribution >= 0.6 is 11.6 Å². The van der Waals surface area contributed by atoms with Crippen molar-refractivity contribution in [2.24, 2.45) is 0 Å². The lowest BCUT2D eigenvalue weighted by molar-refractivity contribution is 0.0257. The van der Waals surface area contributed by atoms with Gasteiger partial charge in [0.25, 0.3) is 5.91 Å². The summed E-state index contributed by atoms with van der Waals surface area (Å²) in [5, 5.41) is 8.88. The molecule has 1 saturated carbocycles. The lowest BCUT2D eigenvalue weighted by Gasteiger charge is -2.44. The summed E-state index contributed by atoms with van der Waals surface area (Å²) >= 11 is 6.39. The van der Waals surface area contributed by atoms with E-state index in [1.807, 2.05) is 36.9 Å². The first-order valence-corrected chi connectivity index (χ1v) is 16.4. The SMILES string of the molecule is C[C@@H]1CN(C(=O)c2c(F)ccc(S(=O)(=O)C3CCCC3)c2F)C[C@H](C)N1Cc1cn([C@@H]2CCc3c(Cl)cccc32)nn1. The van der Waals surface area contributed by atoms with Crippen LogP contribution in [0.4, 0.5) is 8.78 Å². The average Bonchev–Trinajstić information content (AvgIpc) is 3.72. The number of piperazine rings is 1. The predicted molar refractivity (Wildman–Crippen MR) is 154 cm³/mol. The molecule has 6 rings (SSSR count). The highest BCUT2D eigenvalue weighted by Crippen LogP contribution is 2.38. The van der Waals surface area contributed by atoms with Gasteiger partial charge < -0.3 is 4.90 Å². The molecule has 0 unspecified atom stereocenters. The molecule has 0 spiro atoms. The summed E-state index contributed by atoms with van der Waals surface area (Å²) in [6.07, 6.45) is 6.10. The van der Waals surface area contributed by atoms with Crippen LogP contribution in [0.25, 0.3) is 0 Å². The summed E-state index contributed by atoms with van der Waals surface area (Å²) in [5.74, 6) is -3.19. The van der Waals surface area contributed by atoms with Gasteiger partial charge in [-0.3, -0.25) is 9.69 Å². The maximum Gasteiger partial charge on any atom is 0.259 e. The van der Waals surface area contributed by atoms with Crippen molar-refractivity contribution in [2.45, 2.75) is 87.2 Å². The molecule has 2 aromatic carbocycles. The number of aromatic nitrogens is 3. The third kappa shape index (κ3) is 5.13. The zero-order chi connectivity index (χ0) is 29.8. The van der Waals surface area contributed by atoms with Gasteiger partial charge in [-0.05, 0) is 68.9 Å². The van der Waals surface area contributed by atoms with E-state index in [9.17, 15) is 17.6 Å². The van der Waals surface area contributed by atoms with Gasteiger partial charge in [-0.25, -0.2) is 21.9 Å². The number of hydrogen-bond donors (Lipinski definition) is 0. The topological polar surface area (TPSA) is 88.4 Å². The molecule has 2 fully saturated rings. The molecule has 0 N–H and O–H groups in total. The Morgan fingerprint density at radius 1 is 1.05 bits per heavy atom. The molecular formula is C30H34ClF2N5O3S. The first kappa shape index (κ1) is 29.2. The van der Waals surface area contributed by atoms with Crippen LogP contribution in [-0.2, 0) is 22.8 Å². The number of rotatable bonds is 6. The minimum atomic E-state index is -4.00. The highest BCUT2D eigenvalue weighted by atomic mass is 35.5. The van der Waals surface area contributed by atoms with Crippen molar-refractivity contribution in [3.05, 3.63) is 75.6 Å². The third-order valence-electron chi connectivity index (χ3n) is 9.11. The fourth-order valence-electron chi connectivity index (χ4n) is 6.91. The molecule has 2 heterocycles. The average molecular weight is 618 g/mol. The van der Waals surface area contributed by atoms with Crippen molar-refractivity contribution in [2.75, 3.05) is 13.1 Å². The summed E-state index contributed by atoms with van der Waals surface area (Å²) in [6.45, 7) is 4.85. The van der Waals surface area contributed by atoms with Gasteiger partial charge in [0.1, 0.15) is 16.3 Å². The van der Waals surface area contributed by atoms with Gasteiger partial charge in [0.15, 0.2) is 15.7 Å².